The van der Waals surface area contributed by atoms with Gasteiger partial charge in [-0.2, -0.15) is 0 Å². The largest absolute Gasteiger partial charge is 0.493 e. The Balaban J connectivity index is 2.05. The van der Waals surface area contributed by atoms with Gasteiger partial charge in [-0.3, -0.25) is 4.99 Å². The molecule has 0 radical (unpaired) electrons. The molecule has 0 spiro atoms. The SMILES string of the molecule is COc1ccc(C=NCC(OC)OC)cc1OCc1ccccc1. The zero-order valence-electron chi connectivity index (χ0n) is 14.3. The molecule has 2 aromatic rings. The van der Waals surface area contributed by atoms with Gasteiger partial charge in [0.1, 0.15) is 6.61 Å². The minimum Gasteiger partial charge on any atom is -0.493 e. The van der Waals surface area contributed by atoms with E-state index in [1.54, 1.807) is 27.5 Å². The second-order valence-corrected chi connectivity index (χ2v) is 5.08. The Morgan fingerprint density at radius 1 is 0.958 bits per heavy atom. The third kappa shape index (κ3) is 5.37. The highest BCUT2D eigenvalue weighted by Gasteiger charge is 2.06. The molecule has 0 saturated carbocycles. The number of nitrogens with zero attached hydrogens (tertiary/aromatic N) is 1. The van der Waals surface area contributed by atoms with Crippen molar-refractivity contribution in [1.29, 1.82) is 0 Å². The van der Waals surface area contributed by atoms with E-state index in [1.165, 1.54) is 0 Å². The molecule has 0 aliphatic rings. The molecule has 24 heavy (non-hydrogen) atoms. The molecule has 128 valence electrons. The molecule has 0 saturated heterocycles. The fraction of sp³-hybridized carbons (Fsp3) is 0.316. The second kappa shape index (κ2) is 9.70. The van der Waals surface area contributed by atoms with Crippen molar-refractivity contribution in [3.8, 4) is 11.5 Å². The van der Waals surface area contributed by atoms with Gasteiger partial charge < -0.3 is 18.9 Å². The zero-order valence-corrected chi connectivity index (χ0v) is 14.3. The van der Waals surface area contributed by atoms with Crippen LogP contribution in [0.15, 0.2) is 53.5 Å². The standard InChI is InChI=1S/C19H23NO4/c1-21-17-10-9-16(12-20-13-19(22-2)23-3)11-18(17)24-14-15-7-5-4-6-8-15/h4-12,19H,13-14H2,1-3H3. The average molecular weight is 329 g/mol. The summed E-state index contributed by atoms with van der Waals surface area (Å²) in [4.78, 5) is 4.33. The van der Waals surface area contributed by atoms with Crippen molar-refractivity contribution in [3.63, 3.8) is 0 Å². The van der Waals surface area contributed by atoms with Crippen LogP contribution in [0.25, 0.3) is 0 Å². The molecular formula is C19H23NO4. The topological polar surface area (TPSA) is 49.3 Å². The summed E-state index contributed by atoms with van der Waals surface area (Å²) < 4.78 is 21.5. The number of rotatable bonds is 9. The van der Waals surface area contributed by atoms with Gasteiger partial charge in [0.2, 0.25) is 0 Å². The molecule has 0 aromatic heterocycles. The van der Waals surface area contributed by atoms with E-state index >= 15 is 0 Å². The highest BCUT2D eigenvalue weighted by Crippen LogP contribution is 2.28. The number of benzene rings is 2. The van der Waals surface area contributed by atoms with E-state index < -0.39 is 0 Å². The predicted octanol–water partition coefficient (Wildman–Crippen LogP) is 3.31. The fourth-order valence-electron chi connectivity index (χ4n) is 2.11. The van der Waals surface area contributed by atoms with E-state index in [0.29, 0.717) is 24.7 Å². The summed E-state index contributed by atoms with van der Waals surface area (Å²) in [6.45, 7) is 0.909. The second-order valence-electron chi connectivity index (χ2n) is 5.08. The van der Waals surface area contributed by atoms with Crippen LogP contribution in [-0.2, 0) is 16.1 Å². The Bertz CT molecular complexity index is 639. The Labute approximate surface area is 142 Å². The van der Waals surface area contributed by atoms with Crippen molar-refractivity contribution in [1.82, 2.24) is 0 Å². The van der Waals surface area contributed by atoms with Crippen LogP contribution < -0.4 is 9.47 Å². The Hall–Kier alpha value is -2.37. The molecule has 0 unspecified atom stereocenters. The van der Waals surface area contributed by atoms with Gasteiger partial charge >= 0.3 is 0 Å². The molecule has 5 nitrogen and oxygen atoms in total. The maximum atomic E-state index is 5.89. The van der Waals surface area contributed by atoms with Crippen LogP contribution in [0.1, 0.15) is 11.1 Å². The molecule has 0 bridgehead atoms. The summed E-state index contributed by atoms with van der Waals surface area (Å²) >= 11 is 0. The van der Waals surface area contributed by atoms with Gasteiger partial charge in [-0.05, 0) is 29.3 Å². The van der Waals surface area contributed by atoms with Crippen molar-refractivity contribution in [2.75, 3.05) is 27.9 Å². The lowest BCUT2D eigenvalue weighted by molar-refractivity contribution is -0.0936. The fourth-order valence-corrected chi connectivity index (χ4v) is 2.11. The van der Waals surface area contributed by atoms with Gasteiger partial charge in [-0.25, -0.2) is 0 Å². The summed E-state index contributed by atoms with van der Waals surface area (Å²) in [5.74, 6) is 1.37. The Kier molecular flexibility index (Phi) is 7.26. The van der Waals surface area contributed by atoms with Crippen LogP contribution in [0.5, 0.6) is 11.5 Å². The predicted molar refractivity (Wildman–Crippen MR) is 94.0 cm³/mol. The number of aliphatic imine (C=N–C) groups is 1. The molecule has 0 fully saturated rings. The van der Waals surface area contributed by atoms with Crippen LogP contribution in [0.2, 0.25) is 0 Å². The Morgan fingerprint density at radius 2 is 1.71 bits per heavy atom. The number of hydrogen-bond acceptors (Lipinski definition) is 5. The van der Waals surface area contributed by atoms with Crippen LogP contribution in [-0.4, -0.2) is 40.4 Å². The monoisotopic (exact) mass is 329 g/mol. The molecule has 0 heterocycles. The first-order chi connectivity index (χ1) is 11.8. The molecular weight excluding hydrogens is 306 g/mol. The first-order valence-corrected chi connectivity index (χ1v) is 7.67. The van der Waals surface area contributed by atoms with E-state index in [9.17, 15) is 0 Å². The normalized spacial score (nSPS) is 11.2. The average Bonchev–Trinajstić information content (AvgIpc) is 2.64. The molecule has 0 amide bonds. The minimum atomic E-state index is -0.340. The first kappa shape index (κ1) is 18.0. The molecule has 5 heteroatoms. The van der Waals surface area contributed by atoms with Crippen LogP contribution >= 0.6 is 0 Å². The molecule has 0 atom stereocenters. The summed E-state index contributed by atoms with van der Waals surface area (Å²) in [6.07, 6.45) is 1.42. The van der Waals surface area contributed by atoms with Crippen molar-refractivity contribution in [3.05, 3.63) is 59.7 Å². The summed E-state index contributed by atoms with van der Waals surface area (Å²) in [7, 11) is 4.80. The maximum absolute atomic E-state index is 5.89. The Morgan fingerprint density at radius 3 is 2.38 bits per heavy atom. The zero-order chi connectivity index (χ0) is 17.2. The lowest BCUT2D eigenvalue weighted by Gasteiger charge is -2.12. The van der Waals surface area contributed by atoms with Gasteiger partial charge in [0, 0.05) is 20.4 Å². The van der Waals surface area contributed by atoms with Crippen molar-refractivity contribution < 1.29 is 18.9 Å². The van der Waals surface area contributed by atoms with Gasteiger partial charge in [0.05, 0.1) is 13.7 Å². The van der Waals surface area contributed by atoms with E-state index in [4.69, 9.17) is 18.9 Å². The maximum Gasteiger partial charge on any atom is 0.176 e. The molecule has 0 aliphatic carbocycles. The summed E-state index contributed by atoms with van der Waals surface area (Å²) in [5, 5.41) is 0. The van der Waals surface area contributed by atoms with E-state index in [2.05, 4.69) is 4.99 Å². The molecule has 2 rings (SSSR count). The third-order valence-corrected chi connectivity index (χ3v) is 3.45. The lowest BCUT2D eigenvalue weighted by Crippen LogP contribution is -2.16. The quantitative estimate of drug-likeness (QED) is 0.523. The van der Waals surface area contributed by atoms with Crippen LogP contribution in [0, 0.1) is 0 Å². The minimum absolute atomic E-state index is 0.340. The smallest absolute Gasteiger partial charge is 0.176 e. The highest BCUT2D eigenvalue weighted by atomic mass is 16.7. The number of hydrogen-bond donors (Lipinski definition) is 0. The number of methoxy groups -OCH3 is 3. The van der Waals surface area contributed by atoms with Gasteiger partial charge in [0.25, 0.3) is 0 Å². The van der Waals surface area contributed by atoms with E-state index in [1.807, 2.05) is 48.5 Å². The van der Waals surface area contributed by atoms with Crippen molar-refractivity contribution in [2.24, 2.45) is 4.99 Å². The van der Waals surface area contributed by atoms with Gasteiger partial charge in [-0.15, -0.1) is 0 Å². The summed E-state index contributed by atoms with van der Waals surface area (Å²) in [5.41, 5.74) is 2.02. The molecule has 2 aromatic carbocycles. The van der Waals surface area contributed by atoms with E-state index in [-0.39, 0.29) is 6.29 Å². The van der Waals surface area contributed by atoms with Gasteiger partial charge in [0.15, 0.2) is 17.8 Å². The summed E-state index contributed by atoms with van der Waals surface area (Å²) in [6, 6.07) is 15.7. The third-order valence-electron chi connectivity index (χ3n) is 3.45. The van der Waals surface area contributed by atoms with Crippen LogP contribution in [0.3, 0.4) is 0 Å². The highest BCUT2D eigenvalue weighted by molar-refractivity contribution is 5.80. The number of ether oxygens (including phenoxy) is 4. The lowest BCUT2D eigenvalue weighted by atomic mass is 10.2. The van der Waals surface area contributed by atoms with Crippen molar-refractivity contribution >= 4 is 6.21 Å². The first-order valence-electron chi connectivity index (χ1n) is 7.67. The van der Waals surface area contributed by atoms with Crippen LogP contribution in [0.4, 0.5) is 0 Å². The molecule has 0 N–H and O–H groups in total. The van der Waals surface area contributed by atoms with E-state index in [0.717, 1.165) is 11.1 Å². The molecule has 0 aliphatic heterocycles. The van der Waals surface area contributed by atoms with Crippen molar-refractivity contribution in [2.45, 2.75) is 12.9 Å². The van der Waals surface area contributed by atoms with Gasteiger partial charge in [-0.1, -0.05) is 30.3 Å².